The summed E-state index contributed by atoms with van der Waals surface area (Å²) >= 11 is 6.00. The van der Waals surface area contributed by atoms with E-state index < -0.39 is 10.0 Å². The number of halogens is 1. The number of hydrogen-bond donors (Lipinski definition) is 0. The van der Waals surface area contributed by atoms with E-state index in [-0.39, 0.29) is 12.5 Å². The van der Waals surface area contributed by atoms with Gasteiger partial charge < -0.3 is 4.90 Å². The van der Waals surface area contributed by atoms with E-state index in [2.05, 4.69) is 0 Å². The van der Waals surface area contributed by atoms with Gasteiger partial charge in [-0.15, -0.1) is 0 Å². The second-order valence-corrected chi connectivity index (χ2v) is 9.75. The molecule has 0 aliphatic carbocycles. The number of likely N-dealkylation sites (N-methyl/N-ethyl adjacent to an activating group) is 1. The van der Waals surface area contributed by atoms with Crippen molar-refractivity contribution in [3.8, 4) is 0 Å². The van der Waals surface area contributed by atoms with Crippen LogP contribution in [0.25, 0.3) is 0 Å². The van der Waals surface area contributed by atoms with E-state index in [0.717, 1.165) is 11.1 Å². The Kier molecular flexibility index (Phi) is 6.95. The van der Waals surface area contributed by atoms with E-state index in [4.69, 9.17) is 11.6 Å². The molecule has 1 aliphatic rings. The first-order valence-electron chi connectivity index (χ1n) is 9.53. The molecule has 1 fully saturated rings. The molecule has 29 heavy (non-hydrogen) atoms. The van der Waals surface area contributed by atoms with Crippen LogP contribution < -0.4 is 0 Å². The molecule has 0 saturated carbocycles. The van der Waals surface area contributed by atoms with Crippen LogP contribution in [-0.2, 0) is 21.4 Å². The Morgan fingerprint density at radius 1 is 1.07 bits per heavy atom. The Balaban J connectivity index is 1.52. The fourth-order valence-corrected chi connectivity index (χ4v) is 4.93. The van der Waals surface area contributed by atoms with Crippen LogP contribution in [0, 0.1) is 6.92 Å². The van der Waals surface area contributed by atoms with Crippen molar-refractivity contribution in [1.82, 2.24) is 14.1 Å². The summed E-state index contributed by atoms with van der Waals surface area (Å²) in [6, 6.07) is 14.3. The highest BCUT2D eigenvalue weighted by Gasteiger charge is 2.29. The van der Waals surface area contributed by atoms with E-state index in [1.54, 1.807) is 42.3 Å². The van der Waals surface area contributed by atoms with Gasteiger partial charge in [-0.2, -0.15) is 4.31 Å². The Morgan fingerprint density at radius 3 is 2.34 bits per heavy atom. The molecule has 1 aliphatic heterocycles. The van der Waals surface area contributed by atoms with Gasteiger partial charge in [-0.05, 0) is 36.8 Å². The second kappa shape index (κ2) is 9.26. The molecule has 156 valence electrons. The van der Waals surface area contributed by atoms with E-state index >= 15 is 0 Å². The lowest BCUT2D eigenvalue weighted by Gasteiger charge is -2.34. The number of benzene rings is 2. The van der Waals surface area contributed by atoms with Gasteiger partial charge in [-0.25, -0.2) is 8.42 Å². The molecular weight excluding hydrogens is 410 g/mol. The number of hydrogen-bond acceptors (Lipinski definition) is 4. The summed E-state index contributed by atoms with van der Waals surface area (Å²) in [6.07, 6.45) is 0. The first-order chi connectivity index (χ1) is 13.8. The molecule has 2 aromatic carbocycles. The van der Waals surface area contributed by atoms with Crippen molar-refractivity contribution in [2.45, 2.75) is 18.4 Å². The molecule has 2 aromatic rings. The predicted molar refractivity (Wildman–Crippen MR) is 114 cm³/mol. The Morgan fingerprint density at radius 2 is 1.72 bits per heavy atom. The van der Waals surface area contributed by atoms with Crippen LogP contribution in [-0.4, -0.2) is 68.2 Å². The maximum atomic E-state index is 12.8. The molecule has 0 unspecified atom stereocenters. The monoisotopic (exact) mass is 435 g/mol. The van der Waals surface area contributed by atoms with Crippen LogP contribution in [0.15, 0.2) is 53.4 Å². The topological polar surface area (TPSA) is 60.9 Å². The zero-order valence-corrected chi connectivity index (χ0v) is 18.3. The van der Waals surface area contributed by atoms with Crippen LogP contribution in [0.1, 0.15) is 11.1 Å². The fourth-order valence-electron chi connectivity index (χ4n) is 3.30. The number of piperazine rings is 1. The number of carbonyl (C=O) groups excluding carboxylic acids is 1. The molecule has 1 amide bonds. The van der Waals surface area contributed by atoms with Gasteiger partial charge in [0.2, 0.25) is 15.9 Å². The minimum atomic E-state index is -3.49. The maximum Gasteiger partial charge on any atom is 0.243 e. The minimum Gasteiger partial charge on any atom is -0.340 e. The maximum absolute atomic E-state index is 12.8. The largest absolute Gasteiger partial charge is 0.340 e. The molecule has 0 atom stereocenters. The van der Waals surface area contributed by atoms with Crippen molar-refractivity contribution in [2.75, 3.05) is 39.8 Å². The summed E-state index contributed by atoms with van der Waals surface area (Å²) in [5.74, 6) is -0.000169. The van der Waals surface area contributed by atoms with Crippen LogP contribution in [0.2, 0.25) is 5.02 Å². The predicted octanol–water partition coefficient (Wildman–Crippen LogP) is 2.61. The molecule has 3 rings (SSSR count). The van der Waals surface area contributed by atoms with Gasteiger partial charge in [0.15, 0.2) is 0 Å². The van der Waals surface area contributed by atoms with E-state index in [9.17, 15) is 13.2 Å². The molecule has 0 N–H and O–H groups in total. The van der Waals surface area contributed by atoms with Gasteiger partial charge in [0.1, 0.15) is 0 Å². The fraction of sp³-hybridized carbons (Fsp3) is 0.381. The van der Waals surface area contributed by atoms with Crippen molar-refractivity contribution in [2.24, 2.45) is 0 Å². The third-order valence-corrected chi connectivity index (χ3v) is 7.23. The zero-order valence-electron chi connectivity index (χ0n) is 16.7. The molecule has 0 radical (unpaired) electrons. The summed E-state index contributed by atoms with van der Waals surface area (Å²) in [5.41, 5.74) is 2.00. The lowest BCUT2D eigenvalue weighted by molar-refractivity contribution is -0.131. The number of rotatable bonds is 6. The Labute approximate surface area is 177 Å². The van der Waals surface area contributed by atoms with Crippen molar-refractivity contribution in [3.05, 3.63) is 64.7 Å². The smallest absolute Gasteiger partial charge is 0.243 e. The molecule has 0 spiro atoms. The molecule has 8 heteroatoms. The average Bonchev–Trinajstić information content (AvgIpc) is 2.68. The quantitative estimate of drug-likeness (QED) is 0.699. The molecule has 1 saturated heterocycles. The number of aryl methyl sites for hydroxylation is 1. The molecule has 1 heterocycles. The van der Waals surface area contributed by atoms with Crippen LogP contribution in [0.5, 0.6) is 0 Å². The third kappa shape index (κ3) is 5.57. The highest BCUT2D eigenvalue weighted by molar-refractivity contribution is 7.89. The van der Waals surface area contributed by atoms with Gasteiger partial charge >= 0.3 is 0 Å². The standard InChI is InChI=1S/C21H26ClN3O3S/c1-17-6-8-20(9-7-17)29(27,28)25-12-10-24(11-13-25)16-21(26)23(2)15-18-4-3-5-19(22)14-18/h3-9,14H,10-13,15-16H2,1-2H3. The summed E-state index contributed by atoms with van der Waals surface area (Å²) in [5, 5.41) is 0.647. The molecular formula is C21H26ClN3O3S. The first-order valence-corrected chi connectivity index (χ1v) is 11.3. The molecule has 6 nitrogen and oxygen atoms in total. The molecule has 0 bridgehead atoms. The second-order valence-electron chi connectivity index (χ2n) is 7.37. The average molecular weight is 436 g/mol. The van der Waals surface area contributed by atoms with Crippen LogP contribution in [0.4, 0.5) is 0 Å². The Hall–Kier alpha value is -1.93. The van der Waals surface area contributed by atoms with Crippen LogP contribution >= 0.6 is 11.6 Å². The van der Waals surface area contributed by atoms with Gasteiger partial charge in [0.25, 0.3) is 0 Å². The van der Waals surface area contributed by atoms with Crippen molar-refractivity contribution in [3.63, 3.8) is 0 Å². The van der Waals surface area contributed by atoms with E-state index in [0.29, 0.717) is 42.6 Å². The normalized spacial score (nSPS) is 16.0. The number of carbonyl (C=O) groups is 1. The number of nitrogens with zero attached hydrogens (tertiary/aromatic N) is 3. The number of sulfonamides is 1. The summed E-state index contributed by atoms with van der Waals surface area (Å²) in [7, 11) is -1.73. The summed E-state index contributed by atoms with van der Waals surface area (Å²) in [4.78, 5) is 16.5. The summed E-state index contributed by atoms with van der Waals surface area (Å²) in [6.45, 7) is 4.50. The van der Waals surface area contributed by atoms with Gasteiger partial charge in [-0.1, -0.05) is 41.4 Å². The minimum absolute atomic E-state index is 0.000169. The lowest BCUT2D eigenvalue weighted by Crippen LogP contribution is -2.51. The SMILES string of the molecule is Cc1ccc(S(=O)(=O)N2CCN(CC(=O)N(C)Cc3cccc(Cl)c3)CC2)cc1. The molecule has 0 aromatic heterocycles. The van der Waals surface area contributed by atoms with Crippen molar-refractivity contribution >= 4 is 27.5 Å². The summed E-state index contributed by atoms with van der Waals surface area (Å²) < 4.78 is 27.1. The zero-order chi connectivity index (χ0) is 21.0. The van der Waals surface area contributed by atoms with Crippen LogP contribution in [0.3, 0.4) is 0 Å². The highest BCUT2D eigenvalue weighted by atomic mass is 35.5. The number of amides is 1. The highest BCUT2D eigenvalue weighted by Crippen LogP contribution is 2.18. The van der Waals surface area contributed by atoms with E-state index in [1.165, 1.54) is 4.31 Å². The van der Waals surface area contributed by atoms with Crippen molar-refractivity contribution < 1.29 is 13.2 Å². The van der Waals surface area contributed by atoms with Gasteiger partial charge in [-0.3, -0.25) is 9.69 Å². The van der Waals surface area contributed by atoms with Crippen molar-refractivity contribution in [1.29, 1.82) is 0 Å². The lowest BCUT2D eigenvalue weighted by atomic mass is 10.2. The van der Waals surface area contributed by atoms with Gasteiger partial charge in [0, 0.05) is 44.8 Å². The van der Waals surface area contributed by atoms with E-state index in [1.807, 2.05) is 30.0 Å². The first kappa shape index (κ1) is 21.8. The third-order valence-electron chi connectivity index (χ3n) is 5.08. The Bertz CT molecular complexity index is 955. The van der Waals surface area contributed by atoms with Gasteiger partial charge in [0.05, 0.1) is 11.4 Å².